The van der Waals surface area contributed by atoms with Gasteiger partial charge in [-0.05, 0) is 32.1 Å². The monoisotopic (exact) mass is 279 g/mol. The van der Waals surface area contributed by atoms with Crippen molar-refractivity contribution in [1.82, 2.24) is 9.97 Å². The molecule has 2 atom stereocenters. The highest BCUT2D eigenvalue weighted by Crippen LogP contribution is 2.41. The minimum Gasteiger partial charge on any atom is -0.384 e. The molecule has 0 aromatic carbocycles. The normalized spacial score (nSPS) is 26.6. The Hall–Kier alpha value is -1.20. The Balaban J connectivity index is 2.37. The minimum atomic E-state index is -0.385. The minimum absolute atomic E-state index is 0.385. The molecule has 1 aromatic heterocycles. The highest BCUT2D eigenvalue weighted by Gasteiger charge is 2.40. The van der Waals surface area contributed by atoms with E-state index in [0.717, 1.165) is 30.8 Å². The molecule has 1 saturated carbocycles. The van der Waals surface area contributed by atoms with Gasteiger partial charge in [-0.15, -0.1) is 0 Å². The first-order valence-corrected chi connectivity index (χ1v) is 7.36. The number of nitrogens with two attached hydrogens (primary N) is 1. The van der Waals surface area contributed by atoms with E-state index >= 15 is 0 Å². The number of hydrogen-bond donors (Lipinski definition) is 1. The van der Waals surface area contributed by atoms with Crippen molar-refractivity contribution in [1.29, 1.82) is 0 Å². The maximum atomic E-state index is 6.09. The molecule has 2 N–H and O–H groups in total. The SMILES string of the molecule is CCOC1(c2nc(N)cc(COC)n2)CCCC(C)C1. The van der Waals surface area contributed by atoms with Gasteiger partial charge in [0.2, 0.25) is 0 Å². The summed E-state index contributed by atoms with van der Waals surface area (Å²) in [4.78, 5) is 9.08. The fraction of sp³-hybridized carbons (Fsp3) is 0.733. The lowest BCUT2D eigenvalue weighted by Crippen LogP contribution is -2.37. The quantitative estimate of drug-likeness (QED) is 0.897. The van der Waals surface area contributed by atoms with Gasteiger partial charge in [-0.2, -0.15) is 0 Å². The van der Waals surface area contributed by atoms with E-state index in [2.05, 4.69) is 16.9 Å². The van der Waals surface area contributed by atoms with Crippen LogP contribution in [-0.2, 0) is 21.7 Å². The largest absolute Gasteiger partial charge is 0.384 e. The van der Waals surface area contributed by atoms with Crippen LogP contribution < -0.4 is 5.73 Å². The summed E-state index contributed by atoms with van der Waals surface area (Å²) in [6.07, 6.45) is 4.29. The maximum absolute atomic E-state index is 6.09. The summed E-state index contributed by atoms with van der Waals surface area (Å²) in [5.74, 6) is 1.82. The van der Waals surface area contributed by atoms with Crippen LogP contribution in [0.2, 0.25) is 0 Å². The van der Waals surface area contributed by atoms with Gasteiger partial charge in [-0.25, -0.2) is 9.97 Å². The molecular weight excluding hydrogens is 254 g/mol. The van der Waals surface area contributed by atoms with Crippen LogP contribution in [-0.4, -0.2) is 23.7 Å². The molecule has 1 fully saturated rings. The molecule has 0 spiro atoms. The number of methoxy groups -OCH3 is 1. The zero-order chi connectivity index (χ0) is 14.6. The number of nitrogens with zero attached hydrogens (tertiary/aromatic N) is 2. The Morgan fingerprint density at radius 3 is 2.90 bits per heavy atom. The highest BCUT2D eigenvalue weighted by molar-refractivity contribution is 5.31. The van der Waals surface area contributed by atoms with E-state index in [0.29, 0.717) is 24.9 Å². The van der Waals surface area contributed by atoms with Gasteiger partial charge in [0.25, 0.3) is 0 Å². The lowest BCUT2D eigenvalue weighted by atomic mass is 9.78. The van der Waals surface area contributed by atoms with Crippen molar-refractivity contribution in [3.8, 4) is 0 Å². The number of anilines is 1. The summed E-state index contributed by atoms with van der Waals surface area (Å²) >= 11 is 0. The molecule has 1 aliphatic carbocycles. The predicted octanol–water partition coefficient (Wildman–Crippen LogP) is 2.65. The molecule has 1 aromatic rings. The van der Waals surface area contributed by atoms with Crippen LogP contribution in [0.15, 0.2) is 6.07 Å². The molecule has 2 unspecified atom stereocenters. The third-order valence-corrected chi connectivity index (χ3v) is 3.88. The van der Waals surface area contributed by atoms with Crippen LogP contribution in [0, 0.1) is 5.92 Å². The molecule has 0 amide bonds. The zero-order valence-corrected chi connectivity index (χ0v) is 12.7. The van der Waals surface area contributed by atoms with E-state index in [-0.39, 0.29) is 5.60 Å². The van der Waals surface area contributed by atoms with Crippen molar-refractivity contribution in [3.05, 3.63) is 17.6 Å². The molecule has 5 nitrogen and oxygen atoms in total. The summed E-state index contributed by atoms with van der Waals surface area (Å²) in [6.45, 7) is 5.38. The van der Waals surface area contributed by atoms with E-state index < -0.39 is 0 Å². The van der Waals surface area contributed by atoms with Crippen molar-refractivity contribution in [2.24, 2.45) is 5.92 Å². The van der Waals surface area contributed by atoms with E-state index in [1.165, 1.54) is 6.42 Å². The molecule has 112 valence electrons. The predicted molar refractivity (Wildman–Crippen MR) is 78.1 cm³/mol. The van der Waals surface area contributed by atoms with Gasteiger partial charge in [0.15, 0.2) is 5.82 Å². The molecule has 1 aliphatic rings. The van der Waals surface area contributed by atoms with Gasteiger partial charge in [0.1, 0.15) is 11.4 Å². The van der Waals surface area contributed by atoms with Crippen LogP contribution in [0.4, 0.5) is 5.82 Å². The lowest BCUT2D eigenvalue weighted by Gasteiger charge is -2.38. The maximum Gasteiger partial charge on any atom is 0.162 e. The Bertz CT molecular complexity index is 449. The van der Waals surface area contributed by atoms with Crippen LogP contribution in [0.1, 0.15) is 51.0 Å². The fourth-order valence-corrected chi connectivity index (χ4v) is 3.12. The Labute approximate surface area is 120 Å². The summed E-state index contributed by atoms with van der Waals surface area (Å²) in [5, 5.41) is 0. The van der Waals surface area contributed by atoms with Gasteiger partial charge in [-0.3, -0.25) is 0 Å². The van der Waals surface area contributed by atoms with E-state index in [1.54, 1.807) is 13.2 Å². The van der Waals surface area contributed by atoms with Gasteiger partial charge in [0, 0.05) is 19.8 Å². The fourth-order valence-electron chi connectivity index (χ4n) is 3.12. The number of ether oxygens (including phenoxy) is 2. The number of nitrogen functional groups attached to an aromatic ring is 1. The topological polar surface area (TPSA) is 70.3 Å². The molecule has 0 radical (unpaired) electrons. The van der Waals surface area contributed by atoms with Crippen LogP contribution in [0.25, 0.3) is 0 Å². The number of hydrogen-bond acceptors (Lipinski definition) is 5. The number of rotatable bonds is 5. The second-order valence-corrected chi connectivity index (χ2v) is 5.67. The third-order valence-electron chi connectivity index (χ3n) is 3.88. The van der Waals surface area contributed by atoms with Gasteiger partial charge >= 0.3 is 0 Å². The van der Waals surface area contributed by atoms with Crippen molar-refractivity contribution in [3.63, 3.8) is 0 Å². The summed E-state index contributed by atoms with van der Waals surface area (Å²) in [7, 11) is 1.65. The molecule has 0 aliphatic heterocycles. The molecule has 5 heteroatoms. The number of aromatic nitrogens is 2. The van der Waals surface area contributed by atoms with Gasteiger partial charge in [0.05, 0.1) is 12.3 Å². The first kappa shape index (κ1) is 15.2. The van der Waals surface area contributed by atoms with Crippen LogP contribution >= 0.6 is 0 Å². The van der Waals surface area contributed by atoms with Gasteiger partial charge in [-0.1, -0.05) is 13.3 Å². The van der Waals surface area contributed by atoms with Gasteiger partial charge < -0.3 is 15.2 Å². The lowest BCUT2D eigenvalue weighted by molar-refractivity contribution is -0.0882. The Morgan fingerprint density at radius 1 is 1.45 bits per heavy atom. The highest BCUT2D eigenvalue weighted by atomic mass is 16.5. The smallest absolute Gasteiger partial charge is 0.162 e. The van der Waals surface area contributed by atoms with Crippen LogP contribution in [0.5, 0.6) is 0 Å². The summed E-state index contributed by atoms with van der Waals surface area (Å²) in [6, 6.07) is 1.76. The van der Waals surface area contributed by atoms with Crippen molar-refractivity contribution in [2.45, 2.75) is 51.7 Å². The molecule has 0 saturated heterocycles. The van der Waals surface area contributed by atoms with E-state index in [1.807, 2.05) is 6.92 Å². The average molecular weight is 279 g/mol. The molecular formula is C15H25N3O2. The first-order valence-electron chi connectivity index (χ1n) is 7.36. The second-order valence-electron chi connectivity index (χ2n) is 5.67. The third kappa shape index (κ3) is 3.27. The first-order chi connectivity index (χ1) is 9.59. The van der Waals surface area contributed by atoms with Crippen molar-refractivity contribution in [2.75, 3.05) is 19.5 Å². The second kappa shape index (κ2) is 6.50. The van der Waals surface area contributed by atoms with E-state index in [9.17, 15) is 0 Å². The van der Waals surface area contributed by atoms with E-state index in [4.69, 9.17) is 15.2 Å². The zero-order valence-electron chi connectivity index (χ0n) is 12.7. The summed E-state index contributed by atoms with van der Waals surface area (Å²) < 4.78 is 11.2. The summed E-state index contributed by atoms with van der Waals surface area (Å²) in [5.41, 5.74) is 6.35. The van der Waals surface area contributed by atoms with Crippen molar-refractivity contribution < 1.29 is 9.47 Å². The standard InChI is InChI=1S/C15H25N3O2/c1-4-20-15(7-5-6-11(2)9-15)14-17-12(10-19-3)8-13(16)18-14/h8,11H,4-7,9-10H2,1-3H3,(H2,16,17,18). The molecule has 0 bridgehead atoms. The van der Waals surface area contributed by atoms with Crippen LogP contribution in [0.3, 0.4) is 0 Å². The molecule has 20 heavy (non-hydrogen) atoms. The Morgan fingerprint density at radius 2 is 2.25 bits per heavy atom. The average Bonchev–Trinajstić information content (AvgIpc) is 2.39. The Kier molecular flexibility index (Phi) is 4.94. The molecule has 2 rings (SSSR count). The van der Waals surface area contributed by atoms with Crippen molar-refractivity contribution >= 4 is 5.82 Å². The molecule has 1 heterocycles.